The average Bonchev–Trinajstić information content (AvgIpc) is 2.53. The van der Waals surface area contributed by atoms with E-state index in [1.165, 1.54) is 44.9 Å². The van der Waals surface area contributed by atoms with Crippen molar-refractivity contribution in [2.45, 2.75) is 57.5 Å². The molecule has 0 bridgehead atoms. The number of nitrogens with one attached hydrogen (secondary N) is 1. The lowest BCUT2D eigenvalue weighted by Crippen LogP contribution is -2.29. The lowest BCUT2D eigenvalue weighted by atomic mass is 9.96. The molecule has 1 N–H and O–H groups in total. The maximum absolute atomic E-state index is 5.50. The Kier molecular flexibility index (Phi) is 9.19. The lowest BCUT2D eigenvalue weighted by Gasteiger charge is -2.22. The van der Waals surface area contributed by atoms with Gasteiger partial charge in [0.15, 0.2) is 11.5 Å². The van der Waals surface area contributed by atoms with Crippen molar-refractivity contribution in [3.05, 3.63) is 17.7 Å². The van der Waals surface area contributed by atoms with Crippen molar-refractivity contribution in [1.82, 2.24) is 5.32 Å². The molecule has 1 fully saturated rings. The van der Waals surface area contributed by atoms with E-state index in [4.69, 9.17) is 14.2 Å². The Balaban J connectivity index is 0.00000264. The van der Waals surface area contributed by atoms with E-state index < -0.39 is 0 Å². The minimum Gasteiger partial charge on any atom is -0.496 e. The van der Waals surface area contributed by atoms with Crippen LogP contribution >= 0.6 is 12.4 Å². The Hall–Kier alpha value is -1.13. The van der Waals surface area contributed by atoms with Crippen LogP contribution in [0.5, 0.6) is 17.2 Å². The van der Waals surface area contributed by atoms with Crippen LogP contribution < -0.4 is 19.5 Å². The lowest BCUT2D eigenvalue weighted by molar-refractivity contribution is 0.345. The number of ether oxygens (including phenoxy) is 3. The summed E-state index contributed by atoms with van der Waals surface area (Å²) in [5.41, 5.74) is 1.11. The highest BCUT2D eigenvalue weighted by Crippen LogP contribution is 2.34. The van der Waals surface area contributed by atoms with Gasteiger partial charge in [0, 0.05) is 24.2 Å². The zero-order chi connectivity index (χ0) is 15.8. The Morgan fingerprint density at radius 1 is 0.826 bits per heavy atom. The van der Waals surface area contributed by atoms with Crippen LogP contribution in [0.2, 0.25) is 0 Å². The van der Waals surface area contributed by atoms with E-state index >= 15 is 0 Å². The molecule has 0 atom stereocenters. The van der Waals surface area contributed by atoms with Crippen molar-refractivity contribution >= 4 is 12.4 Å². The number of rotatable bonds is 6. The third-order valence-corrected chi connectivity index (χ3v) is 4.47. The van der Waals surface area contributed by atoms with E-state index in [1.54, 1.807) is 21.3 Å². The van der Waals surface area contributed by atoms with Gasteiger partial charge in [-0.3, -0.25) is 0 Å². The first kappa shape index (κ1) is 19.9. The SMILES string of the molecule is COc1cc(OC)c(OC)cc1CNC1CCCCCCC1.Cl. The van der Waals surface area contributed by atoms with Crippen molar-refractivity contribution < 1.29 is 14.2 Å². The molecule has 4 nitrogen and oxygen atoms in total. The molecule has 0 radical (unpaired) electrons. The molecule has 0 unspecified atom stereocenters. The molecule has 1 aliphatic carbocycles. The number of halogens is 1. The van der Waals surface area contributed by atoms with Gasteiger partial charge in [0.05, 0.1) is 21.3 Å². The van der Waals surface area contributed by atoms with Crippen molar-refractivity contribution in [1.29, 1.82) is 0 Å². The van der Waals surface area contributed by atoms with Crippen LogP contribution in [-0.4, -0.2) is 27.4 Å². The first-order valence-corrected chi connectivity index (χ1v) is 8.30. The maximum atomic E-state index is 5.50. The molecular formula is C18H30ClNO3. The van der Waals surface area contributed by atoms with E-state index in [9.17, 15) is 0 Å². The summed E-state index contributed by atoms with van der Waals surface area (Å²) < 4.78 is 16.2. The fraction of sp³-hybridized carbons (Fsp3) is 0.667. The topological polar surface area (TPSA) is 39.7 Å². The van der Waals surface area contributed by atoms with E-state index in [-0.39, 0.29) is 12.4 Å². The first-order chi connectivity index (χ1) is 10.8. The van der Waals surface area contributed by atoms with Crippen molar-refractivity contribution in [3.63, 3.8) is 0 Å². The average molecular weight is 344 g/mol. The predicted molar refractivity (Wildman–Crippen MR) is 96.3 cm³/mol. The third-order valence-electron chi connectivity index (χ3n) is 4.47. The van der Waals surface area contributed by atoms with Crippen LogP contribution in [0, 0.1) is 0 Å². The molecule has 0 aromatic heterocycles. The summed E-state index contributed by atoms with van der Waals surface area (Å²) in [6.07, 6.45) is 9.36. The van der Waals surface area contributed by atoms with Crippen molar-refractivity contribution in [2.75, 3.05) is 21.3 Å². The van der Waals surface area contributed by atoms with Gasteiger partial charge in [-0.15, -0.1) is 12.4 Å². The highest BCUT2D eigenvalue weighted by atomic mass is 35.5. The molecule has 1 aliphatic rings. The zero-order valence-corrected chi connectivity index (χ0v) is 15.3. The van der Waals surface area contributed by atoms with Crippen LogP contribution in [0.1, 0.15) is 50.5 Å². The van der Waals surface area contributed by atoms with Crippen LogP contribution in [0.15, 0.2) is 12.1 Å². The summed E-state index contributed by atoms with van der Waals surface area (Å²) in [5, 5.41) is 3.69. The second-order valence-corrected chi connectivity index (χ2v) is 5.94. The third kappa shape index (κ3) is 5.78. The molecule has 0 amide bonds. The first-order valence-electron chi connectivity index (χ1n) is 8.30. The van der Waals surface area contributed by atoms with E-state index in [2.05, 4.69) is 5.32 Å². The number of methoxy groups -OCH3 is 3. The summed E-state index contributed by atoms with van der Waals surface area (Å²) in [7, 11) is 5.00. The predicted octanol–water partition coefficient (Wildman–Crippen LogP) is 4.34. The normalized spacial score (nSPS) is 16.0. The van der Waals surface area contributed by atoms with E-state index in [1.807, 2.05) is 12.1 Å². The molecule has 1 aromatic carbocycles. The second-order valence-electron chi connectivity index (χ2n) is 5.94. The van der Waals surface area contributed by atoms with Crippen LogP contribution in [0.4, 0.5) is 0 Å². The summed E-state index contributed by atoms with van der Waals surface area (Å²) in [6.45, 7) is 0.800. The fourth-order valence-electron chi connectivity index (χ4n) is 3.15. The van der Waals surface area contributed by atoms with Gasteiger partial charge in [0.1, 0.15) is 5.75 Å². The Morgan fingerprint density at radius 2 is 1.35 bits per heavy atom. The van der Waals surface area contributed by atoms with Crippen LogP contribution in [0.3, 0.4) is 0 Å². The highest BCUT2D eigenvalue weighted by Gasteiger charge is 2.15. The van der Waals surface area contributed by atoms with Crippen LogP contribution in [0.25, 0.3) is 0 Å². The largest absolute Gasteiger partial charge is 0.496 e. The minimum atomic E-state index is 0. The molecule has 132 valence electrons. The Labute approximate surface area is 146 Å². The summed E-state index contributed by atoms with van der Waals surface area (Å²) in [4.78, 5) is 0. The molecule has 1 saturated carbocycles. The molecule has 0 saturated heterocycles. The fourth-order valence-corrected chi connectivity index (χ4v) is 3.15. The molecular weight excluding hydrogens is 314 g/mol. The molecule has 1 aromatic rings. The molecule has 0 heterocycles. The molecule has 23 heavy (non-hydrogen) atoms. The van der Waals surface area contributed by atoms with Gasteiger partial charge in [0.25, 0.3) is 0 Å². The molecule has 0 spiro atoms. The monoisotopic (exact) mass is 343 g/mol. The van der Waals surface area contributed by atoms with Crippen LogP contribution in [-0.2, 0) is 6.54 Å². The van der Waals surface area contributed by atoms with Gasteiger partial charge in [-0.1, -0.05) is 32.1 Å². The van der Waals surface area contributed by atoms with Gasteiger partial charge in [0.2, 0.25) is 0 Å². The van der Waals surface area contributed by atoms with E-state index in [0.29, 0.717) is 11.8 Å². The van der Waals surface area contributed by atoms with Gasteiger partial charge in [-0.05, 0) is 18.9 Å². The van der Waals surface area contributed by atoms with E-state index in [0.717, 1.165) is 23.6 Å². The molecule has 2 rings (SSSR count). The van der Waals surface area contributed by atoms with Gasteiger partial charge < -0.3 is 19.5 Å². The van der Waals surface area contributed by atoms with Crippen molar-refractivity contribution in [2.24, 2.45) is 0 Å². The van der Waals surface area contributed by atoms with Crippen molar-refractivity contribution in [3.8, 4) is 17.2 Å². The standard InChI is InChI=1S/C18H29NO3.ClH/c1-20-16-12-18(22-3)17(21-2)11-14(16)13-19-15-9-7-5-4-6-8-10-15;/h11-12,15,19H,4-10,13H2,1-3H3;1H. The maximum Gasteiger partial charge on any atom is 0.164 e. The summed E-state index contributed by atoms with van der Waals surface area (Å²) >= 11 is 0. The molecule has 5 heteroatoms. The van der Waals surface area contributed by atoms with Gasteiger partial charge in [-0.2, -0.15) is 0 Å². The Bertz CT molecular complexity index is 460. The smallest absolute Gasteiger partial charge is 0.164 e. The second kappa shape index (κ2) is 10.6. The number of hydrogen-bond acceptors (Lipinski definition) is 4. The summed E-state index contributed by atoms with van der Waals surface area (Å²) in [5.74, 6) is 2.29. The zero-order valence-electron chi connectivity index (χ0n) is 14.5. The molecule has 0 aliphatic heterocycles. The highest BCUT2D eigenvalue weighted by molar-refractivity contribution is 5.85. The van der Waals surface area contributed by atoms with Gasteiger partial charge in [-0.25, -0.2) is 0 Å². The summed E-state index contributed by atoms with van der Waals surface area (Å²) in [6, 6.07) is 4.51. The Morgan fingerprint density at radius 3 is 1.91 bits per heavy atom. The van der Waals surface area contributed by atoms with Gasteiger partial charge >= 0.3 is 0 Å². The number of benzene rings is 1. The number of hydrogen-bond donors (Lipinski definition) is 1. The minimum absolute atomic E-state index is 0. The quantitative estimate of drug-likeness (QED) is 0.834.